The average molecular weight is 431 g/mol. The molecule has 0 fully saturated rings. The number of aromatic nitrogens is 1. The van der Waals surface area contributed by atoms with Crippen molar-refractivity contribution >= 4 is 32.8 Å². The number of aromatic amines is 1. The van der Waals surface area contributed by atoms with E-state index in [9.17, 15) is 4.79 Å². The molecule has 2 aliphatic heterocycles. The van der Waals surface area contributed by atoms with Crippen molar-refractivity contribution in [2.24, 2.45) is 5.92 Å². The van der Waals surface area contributed by atoms with Crippen molar-refractivity contribution in [2.45, 2.75) is 52.5 Å². The van der Waals surface area contributed by atoms with Gasteiger partial charge in [0.1, 0.15) is 0 Å². The molecule has 0 saturated heterocycles. The number of carbonyl (C=O) groups is 1. The van der Waals surface area contributed by atoms with Gasteiger partial charge in [0.2, 0.25) is 0 Å². The van der Waals surface area contributed by atoms with Crippen molar-refractivity contribution in [3.05, 3.63) is 45.2 Å². The van der Waals surface area contributed by atoms with E-state index in [-0.39, 0.29) is 11.9 Å². The fourth-order valence-corrected chi connectivity index (χ4v) is 5.32. The molecule has 4 rings (SSSR count). The zero-order valence-corrected chi connectivity index (χ0v) is 17.9. The van der Waals surface area contributed by atoms with Gasteiger partial charge in [0.25, 0.3) is 0 Å². The van der Waals surface area contributed by atoms with Gasteiger partial charge >= 0.3 is 5.97 Å². The van der Waals surface area contributed by atoms with Crippen LogP contribution in [-0.4, -0.2) is 29.0 Å². The highest BCUT2D eigenvalue weighted by Gasteiger charge is 2.40. The Kier molecular flexibility index (Phi) is 5.06. The van der Waals surface area contributed by atoms with Gasteiger partial charge in [0.15, 0.2) is 0 Å². The van der Waals surface area contributed by atoms with E-state index in [1.807, 2.05) is 6.92 Å². The molecule has 2 aromatic rings. The molecule has 0 aliphatic carbocycles. The fraction of sp³-hybridized carbons (Fsp3) is 0.500. The molecule has 4 nitrogen and oxygen atoms in total. The molecule has 1 aromatic carbocycles. The third kappa shape index (κ3) is 3.10. The Morgan fingerprint density at radius 1 is 1.37 bits per heavy atom. The highest BCUT2D eigenvalue weighted by molar-refractivity contribution is 9.10. The van der Waals surface area contributed by atoms with Gasteiger partial charge < -0.3 is 14.6 Å². The van der Waals surface area contributed by atoms with E-state index in [2.05, 4.69) is 57.9 Å². The van der Waals surface area contributed by atoms with E-state index in [0.29, 0.717) is 12.6 Å². The molecule has 0 radical (unpaired) electrons. The predicted molar refractivity (Wildman–Crippen MR) is 111 cm³/mol. The first kappa shape index (κ1) is 18.6. The second-order valence-corrected chi connectivity index (χ2v) is 8.52. The molecule has 1 aromatic heterocycles. The number of esters is 1. The minimum Gasteiger partial charge on any atom is -0.463 e. The quantitative estimate of drug-likeness (QED) is 0.652. The molecule has 0 saturated carbocycles. The molecular formula is C22H27BrN2O2. The van der Waals surface area contributed by atoms with Gasteiger partial charge in [-0.15, -0.1) is 0 Å². The van der Waals surface area contributed by atoms with Crippen LogP contribution >= 0.6 is 15.9 Å². The first-order valence-electron chi connectivity index (χ1n) is 9.99. The molecule has 27 heavy (non-hydrogen) atoms. The average Bonchev–Trinajstić information content (AvgIpc) is 3.00. The van der Waals surface area contributed by atoms with Crippen LogP contribution < -0.4 is 0 Å². The lowest BCUT2D eigenvalue weighted by Crippen LogP contribution is -2.41. The lowest BCUT2D eigenvalue weighted by molar-refractivity contribution is -0.139. The van der Waals surface area contributed by atoms with Crippen LogP contribution in [0.25, 0.3) is 10.9 Å². The largest absolute Gasteiger partial charge is 0.463 e. The molecule has 2 atom stereocenters. The Hall–Kier alpha value is -1.75. The van der Waals surface area contributed by atoms with Crippen LogP contribution in [-0.2, 0) is 16.0 Å². The zero-order valence-electron chi connectivity index (χ0n) is 16.3. The molecule has 0 unspecified atom stereocenters. The van der Waals surface area contributed by atoms with Gasteiger partial charge in [-0.2, -0.15) is 0 Å². The van der Waals surface area contributed by atoms with Crippen molar-refractivity contribution in [3.63, 3.8) is 0 Å². The number of nitrogens with one attached hydrogen (secondary N) is 1. The summed E-state index contributed by atoms with van der Waals surface area (Å²) < 4.78 is 6.52. The molecular weight excluding hydrogens is 404 g/mol. The Morgan fingerprint density at radius 2 is 2.19 bits per heavy atom. The number of allylic oxidation sites excluding steroid dienone is 1. The van der Waals surface area contributed by atoms with Gasteiger partial charge in [0.05, 0.1) is 18.2 Å². The number of H-pyrrole nitrogens is 1. The monoisotopic (exact) mass is 430 g/mol. The first-order valence-corrected chi connectivity index (χ1v) is 10.8. The second kappa shape index (κ2) is 7.34. The Morgan fingerprint density at radius 3 is 2.93 bits per heavy atom. The number of fused-ring (bicyclic) bond motifs is 5. The molecule has 0 spiro atoms. The maximum atomic E-state index is 12.7. The van der Waals surface area contributed by atoms with Crippen molar-refractivity contribution in [3.8, 4) is 0 Å². The minimum atomic E-state index is -0.127. The highest BCUT2D eigenvalue weighted by atomic mass is 79.9. The van der Waals surface area contributed by atoms with Crippen LogP contribution in [0.2, 0.25) is 0 Å². The maximum absolute atomic E-state index is 12.7. The smallest absolute Gasteiger partial charge is 0.336 e. The van der Waals surface area contributed by atoms with Gasteiger partial charge in [-0.3, -0.25) is 0 Å². The van der Waals surface area contributed by atoms with E-state index >= 15 is 0 Å². The van der Waals surface area contributed by atoms with E-state index in [0.717, 1.165) is 48.0 Å². The molecule has 2 aliphatic rings. The standard InChI is InChI=1S/C22H27BrN2O2/c1-4-6-14-11-19-21-16(17-12-15(23)7-8-18(17)24-21)9-10-25(19)13(3)20(14)22(26)27-5-2/h7-8,12,14,19,24H,4-6,9-11H2,1-3H3/t14-,19+/m1/s1. The molecule has 3 heterocycles. The molecule has 0 bridgehead atoms. The summed E-state index contributed by atoms with van der Waals surface area (Å²) in [7, 11) is 0. The van der Waals surface area contributed by atoms with E-state index < -0.39 is 0 Å². The lowest BCUT2D eigenvalue weighted by Gasteiger charge is -2.45. The summed E-state index contributed by atoms with van der Waals surface area (Å²) in [5.41, 5.74) is 5.98. The summed E-state index contributed by atoms with van der Waals surface area (Å²) in [5, 5.41) is 1.32. The lowest BCUT2D eigenvalue weighted by atomic mass is 9.79. The summed E-state index contributed by atoms with van der Waals surface area (Å²) in [6, 6.07) is 6.78. The highest BCUT2D eigenvalue weighted by Crippen LogP contribution is 2.46. The third-order valence-corrected chi connectivity index (χ3v) is 6.58. The number of ether oxygens (including phenoxy) is 1. The van der Waals surface area contributed by atoms with Crippen LogP contribution in [0.15, 0.2) is 33.9 Å². The predicted octanol–water partition coefficient (Wildman–Crippen LogP) is 5.49. The van der Waals surface area contributed by atoms with Gasteiger partial charge in [-0.25, -0.2) is 4.79 Å². The van der Waals surface area contributed by atoms with Crippen LogP contribution in [0, 0.1) is 5.92 Å². The topological polar surface area (TPSA) is 45.3 Å². The van der Waals surface area contributed by atoms with Crippen molar-refractivity contribution in [1.82, 2.24) is 9.88 Å². The number of carbonyl (C=O) groups excluding carboxylic acids is 1. The van der Waals surface area contributed by atoms with E-state index in [1.165, 1.54) is 22.2 Å². The van der Waals surface area contributed by atoms with E-state index in [4.69, 9.17) is 4.74 Å². The van der Waals surface area contributed by atoms with Crippen molar-refractivity contribution < 1.29 is 9.53 Å². The van der Waals surface area contributed by atoms with Crippen LogP contribution in [0.5, 0.6) is 0 Å². The summed E-state index contributed by atoms with van der Waals surface area (Å²) in [5.74, 6) is 0.137. The van der Waals surface area contributed by atoms with Crippen LogP contribution in [0.3, 0.4) is 0 Å². The first-order chi connectivity index (χ1) is 13.0. The SMILES string of the molecule is CCC[C@@H]1C[C@H]2c3[nH]c4ccc(Br)cc4c3CCN2C(C)=C1C(=O)OCC. The number of rotatable bonds is 4. The molecule has 5 heteroatoms. The van der Waals surface area contributed by atoms with Crippen LogP contribution in [0.4, 0.5) is 0 Å². The minimum absolute atomic E-state index is 0.127. The summed E-state index contributed by atoms with van der Waals surface area (Å²) >= 11 is 3.61. The van der Waals surface area contributed by atoms with Crippen molar-refractivity contribution in [1.29, 1.82) is 0 Å². The molecule has 144 valence electrons. The number of nitrogens with zero attached hydrogens (tertiary/aromatic N) is 1. The van der Waals surface area contributed by atoms with E-state index in [1.54, 1.807) is 0 Å². The van der Waals surface area contributed by atoms with Gasteiger partial charge in [-0.05, 0) is 62.8 Å². The van der Waals surface area contributed by atoms with Crippen LogP contribution in [0.1, 0.15) is 57.3 Å². The fourth-order valence-electron chi connectivity index (χ4n) is 4.96. The summed E-state index contributed by atoms with van der Waals surface area (Å²) in [4.78, 5) is 18.8. The molecule has 0 amide bonds. The number of halogens is 1. The number of benzene rings is 1. The Bertz CT molecular complexity index is 914. The Balaban J connectivity index is 1.79. The van der Waals surface area contributed by atoms with Gasteiger partial charge in [0, 0.05) is 33.3 Å². The Labute approximate surface area is 169 Å². The van der Waals surface area contributed by atoms with Gasteiger partial charge in [-0.1, -0.05) is 29.3 Å². The third-order valence-electron chi connectivity index (χ3n) is 6.08. The van der Waals surface area contributed by atoms with Crippen molar-refractivity contribution in [2.75, 3.05) is 13.2 Å². The summed E-state index contributed by atoms with van der Waals surface area (Å²) in [6.45, 7) is 7.55. The normalized spacial score (nSPS) is 22.0. The maximum Gasteiger partial charge on any atom is 0.336 e. The number of hydrogen-bond acceptors (Lipinski definition) is 3. The summed E-state index contributed by atoms with van der Waals surface area (Å²) in [6.07, 6.45) is 4.06. The second-order valence-electron chi connectivity index (χ2n) is 7.61. The molecule has 1 N–H and O–H groups in total. The zero-order chi connectivity index (χ0) is 19.1. The number of hydrogen-bond donors (Lipinski definition) is 1.